The highest BCUT2D eigenvalue weighted by atomic mass is 35.5. The summed E-state index contributed by atoms with van der Waals surface area (Å²) >= 11 is 12.6. The quantitative estimate of drug-likeness (QED) is 0.258. The van der Waals surface area contributed by atoms with Crippen LogP contribution in [0.15, 0.2) is 60.2 Å². The second-order valence-electron chi connectivity index (χ2n) is 9.94. The molecule has 1 aliphatic heterocycles. The predicted octanol–water partition coefficient (Wildman–Crippen LogP) is 7.50. The zero-order valence-electron chi connectivity index (χ0n) is 21.4. The van der Waals surface area contributed by atoms with Crippen LogP contribution in [0.25, 0.3) is 5.70 Å². The number of Topliss-reactive ketones (excluding diaryl/α,β-unsaturated/α-hetero) is 1. The van der Waals surface area contributed by atoms with E-state index >= 15 is 0 Å². The van der Waals surface area contributed by atoms with Crippen LogP contribution in [-0.2, 0) is 17.4 Å². The summed E-state index contributed by atoms with van der Waals surface area (Å²) in [4.78, 5) is 24.3. The normalized spacial score (nSPS) is 17.2. The molecule has 1 unspecified atom stereocenters. The SMILES string of the molecule is NC(=C(COc1ccc(C2CCc3cc(C(=O)O)ccc3O2)c(C(F)(F)F)c1)C(=O)C1CC1)c1c(Cl)cccc1Cl. The Hall–Kier alpha value is -3.69. The monoisotopic (exact) mass is 605 g/mol. The third kappa shape index (κ3) is 6.16. The minimum atomic E-state index is -4.72. The van der Waals surface area contributed by atoms with Crippen molar-refractivity contribution in [3.63, 3.8) is 0 Å². The Morgan fingerprint density at radius 1 is 1.02 bits per heavy atom. The Kier molecular flexibility index (Phi) is 7.94. The number of halogens is 5. The highest BCUT2D eigenvalue weighted by Gasteiger charge is 2.38. The third-order valence-corrected chi connectivity index (χ3v) is 7.75. The Morgan fingerprint density at radius 3 is 2.37 bits per heavy atom. The first-order chi connectivity index (χ1) is 19.4. The fourth-order valence-corrected chi connectivity index (χ4v) is 5.43. The number of rotatable bonds is 8. The average molecular weight is 606 g/mol. The lowest BCUT2D eigenvalue weighted by atomic mass is 9.93. The van der Waals surface area contributed by atoms with Gasteiger partial charge in [-0.15, -0.1) is 0 Å². The third-order valence-electron chi connectivity index (χ3n) is 7.12. The van der Waals surface area contributed by atoms with Crippen molar-refractivity contribution >= 4 is 40.7 Å². The number of aryl methyl sites for hydroxylation is 1. The van der Waals surface area contributed by atoms with Crippen LogP contribution in [0.1, 0.15) is 58.0 Å². The molecule has 0 radical (unpaired) electrons. The second kappa shape index (κ2) is 11.3. The largest absolute Gasteiger partial charge is 0.489 e. The second-order valence-corrected chi connectivity index (χ2v) is 10.8. The van der Waals surface area contributed by atoms with Gasteiger partial charge in [-0.25, -0.2) is 4.79 Å². The first-order valence-electron chi connectivity index (χ1n) is 12.8. The lowest BCUT2D eigenvalue weighted by Gasteiger charge is -2.28. The standard InChI is InChI=1S/C30H24Cl2F3NO5/c31-22-2-1-3-23(32)26(22)27(36)20(28(37)15-4-5-15)14-40-18-8-9-19(21(13-18)30(33,34)35)25-11-6-16-12-17(29(38)39)7-10-24(16)41-25/h1-3,7-10,12-13,15,25H,4-6,11,14,36H2,(H,38,39). The van der Waals surface area contributed by atoms with E-state index in [1.54, 1.807) is 18.2 Å². The summed E-state index contributed by atoms with van der Waals surface area (Å²) in [5, 5.41) is 9.66. The van der Waals surface area contributed by atoms with Gasteiger partial charge in [-0.1, -0.05) is 35.3 Å². The molecule has 3 aromatic rings. The zero-order valence-corrected chi connectivity index (χ0v) is 22.9. The van der Waals surface area contributed by atoms with E-state index in [2.05, 4.69) is 0 Å². The summed E-state index contributed by atoms with van der Waals surface area (Å²) in [5.41, 5.74) is 6.39. The molecule has 214 valence electrons. The first-order valence-corrected chi connectivity index (χ1v) is 13.5. The van der Waals surface area contributed by atoms with E-state index in [1.165, 1.54) is 30.3 Å². The van der Waals surface area contributed by atoms with Gasteiger partial charge in [-0.3, -0.25) is 4.79 Å². The molecule has 1 saturated carbocycles. The molecule has 3 N–H and O–H groups in total. The molecule has 3 aromatic carbocycles. The molecule has 0 saturated heterocycles. The number of carboxylic acid groups (broad SMARTS) is 1. The fourth-order valence-electron chi connectivity index (χ4n) is 4.83. The lowest BCUT2D eigenvalue weighted by Crippen LogP contribution is -2.21. The molecule has 6 nitrogen and oxygen atoms in total. The van der Waals surface area contributed by atoms with E-state index in [9.17, 15) is 27.9 Å². The number of ether oxygens (including phenoxy) is 2. The molecule has 0 aromatic heterocycles. The van der Waals surface area contributed by atoms with Crippen molar-refractivity contribution in [2.24, 2.45) is 11.7 Å². The fraction of sp³-hybridized carbons (Fsp3) is 0.267. The number of ketones is 1. The van der Waals surface area contributed by atoms with Gasteiger partial charge < -0.3 is 20.3 Å². The maximum Gasteiger partial charge on any atom is 0.416 e. The van der Waals surface area contributed by atoms with Gasteiger partial charge >= 0.3 is 12.1 Å². The summed E-state index contributed by atoms with van der Waals surface area (Å²) in [6.07, 6.45) is -3.70. The predicted molar refractivity (Wildman–Crippen MR) is 147 cm³/mol. The Bertz CT molecular complexity index is 1550. The van der Waals surface area contributed by atoms with Crippen molar-refractivity contribution in [2.75, 3.05) is 6.61 Å². The van der Waals surface area contributed by atoms with E-state index < -0.39 is 23.8 Å². The molecule has 1 atom stereocenters. The number of carboxylic acids is 1. The van der Waals surface area contributed by atoms with Gasteiger partial charge in [0, 0.05) is 17.0 Å². The van der Waals surface area contributed by atoms with Crippen LogP contribution in [0.4, 0.5) is 13.2 Å². The van der Waals surface area contributed by atoms with Gasteiger partial charge in [0.25, 0.3) is 0 Å². The maximum atomic E-state index is 14.2. The van der Waals surface area contributed by atoms with Crippen LogP contribution in [0.3, 0.4) is 0 Å². The summed E-state index contributed by atoms with van der Waals surface area (Å²) in [5.74, 6) is -1.37. The molecule has 0 amide bonds. The van der Waals surface area contributed by atoms with E-state index in [-0.39, 0.29) is 68.5 Å². The Balaban J connectivity index is 1.43. The molecule has 5 rings (SSSR count). The number of fused-ring (bicyclic) bond motifs is 1. The topological polar surface area (TPSA) is 98.8 Å². The van der Waals surface area contributed by atoms with E-state index in [0.29, 0.717) is 30.6 Å². The van der Waals surface area contributed by atoms with Gasteiger partial charge in [-0.05, 0) is 73.7 Å². The average Bonchev–Trinajstić information content (AvgIpc) is 3.77. The number of hydrogen-bond acceptors (Lipinski definition) is 5. The van der Waals surface area contributed by atoms with Crippen LogP contribution in [-0.4, -0.2) is 23.5 Å². The number of nitrogens with two attached hydrogens (primary N) is 1. The zero-order chi connectivity index (χ0) is 29.5. The van der Waals surface area contributed by atoms with Crippen LogP contribution in [0.2, 0.25) is 10.0 Å². The number of carbonyl (C=O) groups excluding carboxylic acids is 1. The molecule has 1 heterocycles. The van der Waals surface area contributed by atoms with Gasteiger partial charge in [0.2, 0.25) is 0 Å². The maximum absolute atomic E-state index is 14.2. The van der Waals surface area contributed by atoms with Crippen molar-refractivity contribution in [1.82, 2.24) is 0 Å². The highest BCUT2D eigenvalue weighted by molar-refractivity contribution is 6.37. The van der Waals surface area contributed by atoms with Gasteiger partial charge in [0.1, 0.15) is 24.2 Å². The molecular weight excluding hydrogens is 582 g/mol. The minimum Gasteiger partial charge on any atom is -0.489 e. The lowest BCUT2D eigenvalue weighted by molar-refractivity contribution is -0.139. The summed E-state index contributed by atoms with van der Waals surface area (Å²) < 4.78 is 54.2. The molecule has 11 heteroatoms. The Labute approximate surface area is 243 Å². The summed E-state index contributed by atoms with van der Waals surface area (Å²) in [7, 11) is 0. The van der Waals surface area contributed by atoms with E-state index in [0.717, 1.165) is 6.07 Å². The molecule has 0 spiro atoms. The highest BCUT2D eigenvalue weighted by Crippen LogP contribution is 2.43. The van der Waals surface area contributed by atoms with Crippen molar-refractivity contribution in [1.29, 1.82) is 0 Å². The minimum absolute atomic E-state index is 0.0190. The van der Waals surface area contributed by atoms with Gasteiger partial charge in [0.05, 0.1) is 32.4 Å². The van der Waals surface area contributed by atoms with Crippen LogP contribution >= 0.6 is 23.2 Å². The number of carbonyl (C=O) groups is 2. The van der Waals surface area contributed by atoms with Crippen LogP contribution < -0.4 is 15.2 Å². The number of hydrogen-bond donors (Lipinski definition) is 2. The Morgan fingerprint density at radius 2 is 1.73 bits per heavy atom. The van der Waals surface area contributed by atoms with Crippen molar-refractivity contribution < 1.29 is 37.3 Å². The summed E-state index contributed by atoms with van der Waals surface area (Å²) in [6.45, 7) is -0.376. The number of aromatic carboxylic acids is 1. The molecule has 2 aliphatic rings. The molecule has 1 fully saturated rings. The van der Waals surface area contributed by atoms with Crippen molar-refractivity contribution in [3.05, 3.63) is 98.0 Å². The summed E-state index contributed by atoms with van der Waals surface area (Å²) in [6, 6.07) is 12.6. The van der Waals surface area contributed by atoms with Crippen LogP contribution in [0.5, 0.6) is 11.5 Å². The molecular formula is C30H24Cl2F3NO5. The van der Waals surface area contributed by atoms with Crippen molar-refractivity contribution in [2.45, 2.75) is 38.0 Å². The molecule has 1 aliphatic carbocycles. The first kappa shape index (κ1) is 28.8. The van der Waals surface area contributed by atoms with E-state index in [1.807, 2.05) is 0 Å². The smallest absolute Gasteiger partial charge is 0.416 e. The van der Waals surface area contributed by atoms with Gasteiger partial charge in [-0.2, -0.15) is 13.2 Å². The van der Waals surface area contributed by atoms with Crippen molar-refractivity contribution in [3.8, 4) is 11.5 Å². The molecule has 0 bridgehead atoms. The number of benzene rings is 3. The molecule has 41 heavy (non-hydrogen) atoms. The van der Waals surface area contributed by atoms with Crippen LogP contribution in [0, 0.1) is 5.92 Å². The van der Waals surface area contributed by atoms with E-state index in [4.69, 9.17) is 38.4 Å². The number of alkyl halides is 3. The van der Waals surface area contributed by atoms with Gasteiger partial charge in [0.15, 0.2) is 5.78 Å².